The average molecular weight is 391 g/mol. The Morgan fingerprint density at radius 1 is 0.897 bits per heavy atom. The summed E-state index contributed by atoms with van der Waals surface area (Å²) < 4.78 is 11.5. The summed E-state index contributed by atoms with van der Waals surface area (Å²) in [5.41, 5.74) is 1.73. The standard InChI is InChI=1S/C26H30O3/c1-3-4-5-7-10-20(2)29-26(27)24-14-13-23-18-25(16-15-22(23)17-24)28-19-21-11-8-6-9-12-21/h6,8-9,11-18,20H,3-5,7,10,19H2,1-2H3/t20-/m1/s1. The molecule has 0 unspecified atom stereocenters. The fourth-order valence-electron chi connectivity index (χ4n) is 3.35. The molecule has 3 heteroatoms. The predicted octanol–water partition coefficient (Wildman–Crippen LogP) is 6.93. The van der Waals surface area contributed by atoms with Crippen LogP contribution >= 0.6 is 0 Å². The first kappa shape index (κ1) is 20.9. The molecule has 0 aromatic heterocycles. The minimum atomic E-state index is -0.251. The molecule has 0 N–H and O–H groups in total. The summed E-state index contributed by atoms with van der Waals surface area (Å²) in [4.78, 5) is 12.5. The van der Waals surface area contributed by atoms with E-state index >= 15 is 0 Å². The van der Waals surface area contributed by atoms with Gasteiger partial charge in [-0.25, -0.2) is 4.79 Å². The van der Waals surface area contributed by atoms with Crippen LogP contribution in [0.15, 0.2) is 66.7 Å². The molecular formula is C26H30O3. The fourth-order valence-corrected chi connectivity index (χ4v) is 3.35. The van der Waals surface area contributed by atoms with Crippen LogP contribution in [0.3, 0.4) is 0 Å². The molecule has 0 aliphatic carbocycles. The number of unbranched alkanes of at least 4 members (excludes halogenated alkanes) is 3. The Morgan fingerprint density at radius 3 is 2.45 bits per heavy atom. The van der Waals surface area contributed by atoms with E-state index in [4.69, 9.17) is 9.47 Å². The second-order valence-corrected chi connectivity index (χ2v) is 7.56. The first-order valence-corrected chi connectivity index (χ1v) is 10.6. The van der Waals surface area contributed by atoms with Crippen molar-refractivity contribution in [1.82, 2.24) is 0 Å². The smallest absolute Gasteiger partial charge is 0.338 e. The van der Waals surface area contributed by atoms with Gasteiger partial charge in [0.2, 0.25) is 0 Å². The van der Waals surface area contributed by atoms with Crippen LogP contribution in [0.4, 0.5) is 0 Å². The lowest BCUT2D eigenvalue weighted by atomic mass is 10.1. The monoisotopic (exact) mass is 390 g/mol. The first-order valence-electron chi connectivity index (χ1n) is 10.6. The van der Waals surface area contributed by atoms with E-state index in [0.717, 1.165) is 34.9 Å². The number of hydrogen-bond acceptors (Lipinski definition) is 3. The number of rotatable bonds is 10. The number of carbonyl (C=O) groups is 1. The molecule has 1 atom stereocenters. The summed E-state index contributed by atoms with van der Waals surface area (Å²) in [6, 6.07) is 21.7. The molecule has 0 radical (unpaired) electrons. The summed E-state index contributed by atoms with van der Waals surface area (Å²) in [6.07, 6.45) is 5.62. The van der Waals surface area contributed by atoms with Gasteiger partial charge in [-0.05, 0) is 60.4 Å². The van der Waals surface area contributed by atoms with Crippen LogP contribution < -0.4 is 4.74 Å². The van der Waals surface area contributed by atoms with Gasteiger partial charge in [0.25, 0.3) is 0 Å². The summed E-state index contributed by atoms with van der Waals surface area (Å²) in [5.74, 6) is 0.566. The third-order valence-corrected chi connectivity index (χ3v) is 5.07. The zero-order valence-corrected chi connectivity index (χ0v) is 17.4. The van der Waals surface area contributed by atoms with Crippen molar-refractivity contribution in [3.8, 4) is 5.75 Å². The van der Waals surface area contributed by atoms with E-state index in [9.17, 15) is 4.79 Å². The maximum atomic E-state index is 12.5. The Balaban J connectivity index is 1.59. The minimum Gasteiger partial charge on any atom is -0.489 e. The van der Waals surface area contributed by atoms with Gasteiger partial charge < -0.3 is 9.47 Å². The van der Waals surface area contributed by atoms with Gasteiger partial charge in [-0.1, -0.05) is 68.7 Å². The van der Waals surface area contributed by atoms with Gasteiger partial charge in [-0.2, -0.15) is 0 Å². The van der Waals surface area contributed by atoms with E-state index in [2.05, 4.69) is 6.92 Å². The molecular weight excluding hydrogens is 360 g/mol. The quantitative estimate of drug-likeness (QED) is 0.278. The fraction of sp³-hybridized carbons (Fsp3) is 0.346. The maximum absolute atomic E-state index is 12.5. The molecule has 3 aromatic rings. The number of carbonyl (C=O) groups excluding carboxylic acids is 1. The van der Waals surface area contributed by atoms with E-state index in [1.807, 2.05) is 73.7 Å². The van der Waals surface area contributed by atoms with Crippen molar-refractivity contribution in [2.75, 3.05) is 0 Å². The zero-order valence-electron chi connectivity index (χ0n) is 17.4. The van der Waals surface area contributed by atoms with E-state index in [1.54, 1.807) is 0 Å². The Hall–Kier alpha value is -2.81. The Morgan fingerprint density at radius 2 is 1.66 bits per heavy atom. The first-order chi connectivity index (χ1) is 14.2. The van der Waals surface area contributed by atoms with Gasteiger partial charge in [0.05, 0.1) is 11.7 Å². The second-order valence-electron chi connectivity index (χ2n) is 7.56. The number of fused-ring (bicyclic) bond motifs is 1. The Kier molecular flexibility index (Phi) is 7.69. The predicted molar refractivity (Wildman–Crippen MR) is 118 cm³/mol. The third kappa shape index (κ3) is 6.35. The molecule has 0 bridgehead atoms. The highest BCUT2D eigenvalue weighted by Gasteiger charge is 2.12. The van der Waals surface area contributed by atoms with E-state index in [0.29, 0.717) is 12.2 Å². The molecule has 3 nitrogen and oxygen atoms in total. The highest BCUT2D eigenvalue weighted by Crippen LogP contribution is 2.23. The molecule has 0 fully saturated rings. The van der Waals surface area contributed by atoms with Crippen molar-refractivity contribution < 1.29 is 14.3 Å². The van der Waals surface area contributed by atoms with E-state index < -0.39 is 0 Å². The van der Waals surface area contributed by atoms with Gasteiger partial charge in [0.15, 0.2) is 0 Å². The average Bonchev–Trinajstić information content (AvgIpc) is 2.75. The lowest BCUT2D eigenvalue weighted by Crippen LogP contribution is -2.15. The second kappa shape index (κ2) is 10.7. The van der Waals surface area contributed by atoms with E-state index in [1.165, 1.54) is 19.3 Å². The Labute approximate surface area is 173 Å². The summed E-state index contributed by atoms with van der Waals surface area (Å²) in [6.45, 7) is 4.70. The van der Waals surface area contributed by atoms with Crippen LogP contribution in [-0.2, 0) is 11.3 Å². The van der Waals surface area contributed by atoms with Gasteiger partial charge in [-0.3, -0.25) is 0 Å². The van der Waals surface area contributed by atoms with E-state index in [-0.39, 0.29) is 12.1 Å². The molecule has 3 rings (SSSR count). The van der Waals surface area contributed by atoms with Crippen LogP contribution in [0.1, 0.15) is 61.9 Å². The number of hydrogen-bond donors (Lipinski definition) is 0. The number of benzene rings is 3. The third-order valence-electron chi connectivity index (χ3n) is 5.07. The van der Waals surface area contributed by atoms with Crippen LogP contribution in [-0.4, -0.2) is 12.1 Å². The van der Waals surface area contributed by atoms with Gasteiger partial charge >= 0.3 is 5.97 Å². The molecule has 0 aliphatic heterocycles. The SMILES string of the molecule is CCCCCC[C@@H](C)OC(=O)c1ccc2cc(OCc3ccccc3)ccc2c1. The topological polar surface area (TPSA) is 35.5 Å². The molecule has 3 aromatic carbocycles. The molecule has 0 spiro atoms. The lowest BCUT2D eigenvalue weighted by molar-refractivity contribution is 0.0319. The molecule has 152 valence electrons. The zero-order chi connectivity index (χ0) is 20.5. The van der Waals surface area contributed by atoms with Crippen molar-refractivity contribution in [2.24, 2.45) is 0 Å². The van der Waals surface area contributed by atoms with Crippen LogP contribution in [0.5, 0.6) is 5.75 Å². The van der Waals surface area contributed by atoms with Crippen LogP contribution in [0, 0.1) is 0 Å². The van der Waals surface area contributed by atoms with Crippen molar-refractivity contribution >= 4 is 16.7 Å². The molecule has 0 aliphatic rings. The number of ether oxygens (including phenoxy) is 2. The van der Waals surface area contributed by atoms with Gasteiger partial charge in [-0.15, -0.1) is 0 Å². The van der Waals surface area contributed by atoms with Crippen LogP contribution in [0.25, 0.3) is 10.8 Å². The molecule has 0 saturated carbocycles. The summed E-state index contributed by atoms with van der Waals surface area (Å²) in [5, 5.41) is 2.04. The molecule has 0 amide bonds. The highest BCUT2D eigenvalue weighted by molar-refractivity contribution is 5.95. The van der Waals surface area contributed by atoms with Gasteiger partial charge in [0, 0.05) is 0 Å². The summed E-state index contributed by atoms with van der Waals surface area (Å²) in [7, 11) is 0. The Bertz CT molecular complexity index is 918. The largest absolute Gasteiger partial charge is 0.489 e. The van der Waals surface area contributed by atoms with Crippen molar-refractivity contribution in [3.05, 3.63) is 77.9 Å². The van der Waals surface area contributed by atoms with Crippen LogP contribution in [0.2, 0.25) is 0 Å². The minimum absolute atomic E-state index is 0.0520. The van der Waals surface area contributed by atoms with Crippen molar-refractivity contribution in [1.29, 1.82) is 0 Å². The lowest BCUT2D eigenvalue weighted by Gasteiger charge is -2.13. The van der Waals surface area contributed by atoms with Gasteiger partial charge in [0.1, 0.15) is 12.4 Å². The molecule has 29 heavy (non-hydrogen) atoms. The maximum Gasteiger partial charge on any atom is 0.338 e. The molecule has 0 saturated heterocycles. The summed E-state index contributed by atoms with van der Waals surface area (Å²) >= 11 is 0. The van der Waals surface area contributed by atoms with Crippen molar-refractivity contribution in [2.45, 2.75) is 58.7 Å². The molecule has 0 heterocycles. The van der Waals surface area contributed by atoms with Crippen molar-refractivity contribution in [3.63, 3.8) is 0 Å². The normalized spacial score (nSPS) is 11.9. The number of esters is 1. The highest BCUT2D eigenvalue weighted by atomic mass is 16.5.